The van der Waals surface area contributed by atoms with E-state index in [1.54, 1.807) is 49.5 Å². The molecule has 1 saturated heterocycles. The number of piperazine rings is 1. The summed E-state index contributed by atoms with van der Waals surface area (Å²) in [4.78, 5) is 22.6. The molecule has 6 nitrogen and oxygen atoms in total. The summed E-state index contributed by atoms with van der Waals surface area (Å²) in [5.74, 6) is 2.32. The minimum atomic E-state index is -0.229. The quantitative estimate of drug-likeness (QED) is 0.349. The van der Waals surface area contributed by atoms with Crippen LogP contribution in [0.2, 0.25) is 0 Å². The van der Waals surface area contributed by atoms with Crippen molar-refractivity contribution in [1.82, 2.24) is 9.88 Å². The molecule has 32 heavy (non-hydrogen) atoms. The molecule has 1 aliphatic heterocycles. The number of hydrogen-bond acceptors (Lipinski definition) is 7. The molecule has 1 fully saturated rings. The average molecular weight is 476 g/mol. The van der Waals surface area contributed by atoms with Gasteiger partial charge in [0, 0.05) is 37.5 Å². The van der Waals surface area contributed by atoms with Crippen LogP contribution in [0.3, 0.4) is 0 Å². The summed E-state index contributed by atoms with van der Waals surface area (Å²) in [7, 11) is 3.30. The van der Waals surface area contributed by atoms with Crippen molar-refractivity contribution in [3.8, 4) is 11.5 Å². The fourth-order valence-electron chi connectivity index (χ4n) is 3.66. The number of thiazole rings is 1. The number of methoxy groups -OCH3 is 2. The molecule has 1 aromatic heterocycles. The normalized spacial score (nSPS) is 14.1. The molecule has 4 rings (SSSR count). The summed E-state index contributed by atoms with van der Waals surface area (Å²) < 4.78 is 24.9. The van der Waals surface area contributed by atoms with Gasteiger partial charge in [-0.1, -0.05) is 11.3 Å². The van der Waals surface area contributed by atoms with E-state index in [0.717, 1.165) is 57.0 Å². The summed E-state index contributed by atoms with van der Waals surface area (Å²) in [6, 6.07) is 10.2. The van der Waals surface area contributed by atoms with Gasteiger partial charge in [-0.05, 0) is 48.6 Å². The second-order valence-corrected chi connectivity index (χ2v) is 9.56. The molecule has 0 saturated carbocycles. The lowest BCUT2D eigenvalue weighted by molar-refractivity contribution is -0.131. The van der Waals surface area contributed by atoms with Crippen molar-refractivity contribution >= 4 is 44.4 Å². The second-order valence-electron chi connectivity index (χ2n) is 7.42. The Morgan fingerprint density at radius 2 is 1.75 bits per heavy atom. The van der Waals surface area contributed by atoms with Crippen molar-refractivity contribution in [1.29, 1.82) is 0 Å². The fraction of sp³-hybridized carbons (Fsp3) is 0.391. The van der Waals surface area contributed by atoms with Crippen molar-refractivity contribution in [2.75, 3.05) is 51.1 Å². The number of aromatic nitrogens is 1. The Hall–Kier alpha value is -2.52. The largest absolute Gasteiger partial charge is 0.495 e. The van der Waals surface area contributed by atoms with Crippen molar-refractivity contribution in [3.05, 3.63) is 42.2 Å². The summed E-state index contributed by atoms with van der Waals surface area (Å²) in [6.07, 6.45) is 1.34. The van der Waals surface area contributed by atoms with E-state index in [1.807, 2.05) is 17.0 Å². The number of rotatable bonds is 8. The van der Waals surface area contributed by atoms with Gasteiger partial charge in [0.05, 0.1) is 14.2 Å². The van der Waals surface area contributed by atoms with Crippen LogP contribution in [0.1, 0.15) is 12.8 Å². The van der Waals surface area contributed by atoms with Gasteiger partial charge in [0.2, 0.25) is 5.91 Å². The maximum atomic E-state index is 13.0. The zero-order valence-corrected chi connectivity index (χ0v) is 19.8. The van der Waals surface area contributed by atoms with Crippen LogP contribution in [-0.2, 0) is 4.79 Å². The highest BCUT2D eigenvalue weighted by molar-refractivity contribution is 7.99. The lowest BCUT2D eigenvalue weighted by Crippen LogP contribution is -2.48. The van der Waals surface area contributed by atoms with Crippen LogP contribution in [0, 0.1) is 5.82 Å². The minimum absolute atomic E-state index is 0.192. The third-order valence-corrected chi connectivity index (χ3v) is 7.65. The van der Waals surface area contributed by atoms with Crippen LogP contribution in [0.15, 0.2) is 41.3 Å². The number of hydrogen-bond donors (Lipinski definition) is 0. The maximum Gasteiger partial charge on any atom is 0.222 e. The van der Waals surface area contributed by atoms with Crippen LogP contribution < -0.4 is 14.4 Å². The zero-order chi connectivity index (χ0) is 22.5. The highest BCUT2D eigenvalue weighted by Crippen LogP contribution is 2.40. The number of carbonyl (C=O) groups is 1. The number of ether oxygens (including phenoxy) is 2. The van der Waals surface area contributed by atoms with Gasteiger partial charge in [-0.25, -0.2) is 9.37 Å². The molecule has 0 bridgehead atoms. The zero-order valence-electron chi connectivity index (χ0n) is 18.2. The smallest absolute Gasteiger partial charge is 0.222 e. The lowest BCUT2D eigenvalue weighted by atomic mass is 10.2. The lowest BCUT2D eigenvalue weighted by Gasteiger charge is -2.34. The van der Waals surface area contributed by atoms with E-state index in [9.17, 15) is 9.18 Å². The van der Waals surface area contributed by atoms with Crippen molar-refractivity contribution in [2.24, 2.45) is 0 Å². The Kier molecular flexibility index (Phi) is 7.36. The number of benzene rings is 2. The number of amides is 1. The van der Waals surface area contributed by atoms with E-state index >= 15 is 0 Å². The standard InChI is InChI=1S/C23H26FN3O3S2/c1-29-18-9-10-19(30-2)22-21(18)25-23(32-22)27-13-11-26(12-14-27)20(28)4-3-15-31-17-7-5-16(24)6-8-17/h5-10H,3-4,11-15H2,1-2H3. The number of fused-ring (bicyclic) bond motifs is 1. The summed E-state index contributed by atoms with van der Waals surface area (Å²) >= 11 is 3.24. The van der Waals surface area contributed by atoms with E-state index < -0.39 is 0 Å². The molecule has 2 aromatic carbocycles. The predicted octanol–water partition coefficient (Wildman–Crippen LogP) is 4.67. The molecule has 170 valence electrons. The molecule has 2 heterocycles. The van der Waals surface area contributed by atoms with Crippen LogP contribution in [0.5, 0.6) is 11.5 Å². The third kappa shape index (κ3) is 5.10. The van der Waals surface area contributed by atoms with E-state index in [0.29, 0.717) is 19.5 Å². The first kappa shape index (κ1) is 22.7. The van der Waals surface area contributed by atoms with Crippen molar-refractivity contribution in [3.63, 3.8) is 0 Å². The predicted molar refractivity (Wildman–Crippen MR) is 128 cm³/mol. The van der Waals surface area contributed by atoms with Gasteiger partial charge >= 0.3 is 0 Å². The molecule has 0 spiro atoms. The first-order valence-corrected chi connectivity index (χ1v) is 12.3. The van der Waals surface area contributed by atoms with Crippen molar-refractivity contribution < 1.29 is 18.7 Å². The first-order valence-electron chi connectivity index (χ1n) is 10.5. The summed E-state index contributed by atoms with van der Waals surface area (Å²) in [5.41, 5.74) is 0.809. The number of anilines is 1. The average Bonchev–Trinajstić information content (AvgIpc) is 3.28. The highest BCUT2D eigenvalue weighted by atomic mass is 32.2. The van der Waals surface area contributed by atoms with Gasteiger partial charge in [0.15, 0.2) is 5.13 Å². The molecule has 0 atom stereocenters. The van der Waals surface area contributed by atoms with Gasteiger partial charge in [-0.3, -0.25) is 4.79 Å². The molecule has 0 radical (unpaired) electrons. The minimum Gasteiger partial charge on any atom is -0.495 e. The van der Waals surface area contributed by atoms with Gasteiger partial charge in [-0.2, -0.15) is 0 Å². The Morgan fingerprint density at radius 1 is 1.06 bits per heavy atom. The topological polar surface area (TPSA) is 54.9 Å². The molecule has 0 N–H and O–H groups in total. The van der Waals surface area contributed by atoms with Crippen LogP contribution >= 0.6 is 23.1 Å². The highest BCUT2D eigenvalue weighted by Gasteiger charge is 2.24. The second kappa shape index (κ2) is 10.4. The van der Waals surface area contributed by atoms with Gasteiger partial charge in [-0.15, -0.1) is 11.8 Å². The first-order chi connectivity index (χ1) is 15.6. The summed E-state index contributed by atoms with van der Waals surface area (Å²) in [6.45, 7) is 2.88. The van der Waals surface area contributed by atoms with Gasteiger partial charge < -0.3 is 19.3 Å². The Balaban J connectivity index is 1.28. The molecule has 1 amide bonds. The molecule has 0 aliphatic carbocycles. The van der Waals surface area contributed by atoms with Crippen LogP contribution in [-0.4, -0.2) is 61.9 Å². The van der Waals surface area contributed by atoms with E-state index in [-0.39, 0.29) is 11.7 Å². The van der Waals surface area contributed by atoms with E-state index in [1.165, 1.54) is 12.1 Å². The molecule has 3 aromatic rings. The van der Waals surface area contributed by atoms with E-state index in [4.69, 9.17) is 14.5 Å². The Bertz CT molecular complexity index is 1030. The number of thioether (sulfide) groups is 1. The van der Waals surface area contributed by atoms with Crippen LogP contribution in [0.25, 0.3) is 10.2 Å². The molecule has 9 heteroatoms. The van der Waals surface area contributed by atoms with Gasteiger partial charge in [0.25, 0.3) is 0 Å². The molecule has 1 aliphatic rings. The number of nitrogens with zero attached hydrogens (tertiary/aromatic N) is 3. The Labute approximate surface area is 195 Å². The number of carbonyl (C=O) groups excluding carboxylic acids is 1. The molecule has 0 unspecified atom stereocenters. The number of halogens is 1. The monoisotopic (exact) mass is 475 g/mol. The molecular formula is C23H26FN3O3S2. The van der Waals surface area contributed by atoms with E-state index in [2.05, 4.69) is 4.90 Å². The maximum absolute atomic E-state index is 13.0. The third-order valence-electron chi connectivity index (χ3n) is 5.42. The van der Waals surface area contributed by atoms with Crippen molar-refractivity contribution in [2.45, 2.75) is 17.7 Å². The fourth-order valence-corrected chi connectivity index (χ4v) is 5.64. The van der Waals surface area contributed by atoms with Gasteiger partial charge in [0.1, 0.15) is 27.5 Å². The van der Waals surface area contributed by atoms with Crippen LogP contribution in [0.4, 0.5) is 9.52 Å². The summed E-state index contributed by atoms with van der Waals surface area (Å²) in [5, 5.41) is 0.922. The molecular weight excluding hydrogens is 449 g/mol. The Morgan fingerprint density at radius 3 is 2.44 bits per heavy atom. The SMILES string of the molecule is COc1ccc(OC)c2sc(N3CCN(C(=O)CCCSc4ccc(F)cc4)CC3)nc12.